The van der Waals surface area contributed by atoms with Gasteiger partial charge in [-0.15, -0.1) is 23.1 Å². The number of hydrogen-bond acceptors (Lipinski definition) is 6. The van der Waals surface area contributed by atoms with Crippen molar-refractivity contribution < 1.29 is 9.84 Å². The molecule has 2 aliphatic rings. The summed E-state index contributed by atoms with van der Waals surface area (Å²) in [6.07, 6.45) is 8.09. The zero-order valence-electron chi connectivity index (χ0n) is 15.8. The predicted molar refractivity (Wildman–Crippen MR) is 114 cm³/mol. The van der Waals surface area contributed by atoms with E-state index in [1.54, 1.807) is 29.4 Å². The van der Waals surface area contributed by atoms with Crippen LogP contribution in [0.4, 0.5) is 0 Å². The molecule has 146 valence electrons. The highest BCUT2D eigenvalue weighted by Crippen LogP contribution is 2.40. The van der Waals surface area contributed by atoms with Gasteiger partial charge in [-0.1, -0.05) is 24.3 Å². The van der Waals surface area contributed by atoms with Crippen molar-refractivity contribution in [1.82, 2.24) is 9.97 Å². The van der Waals surface area contributed by atoms with Crippen LogP contribution in [0, 0.1) is 0 Å². The average Bonchev–Trinajstić information content (AvgIpc) is 3.32. The van der Waals surface area contributed by atoms with E-state index in [9.17, 15) is 5.11 Å². The fourth-order valence-electron chi connectivity index (χ4n) is 4.34. The number of aromatic nitrogens is 2. The van der Waals surface area contributed by atoms with E-state index < -0.39 is 6.10 Å². The molecule has 6 heteroatoms. The Bertz CT molecular complexity index is 988. The number of aliphatic hydroxyl groups is 1. The van der Waals surface area contributed by atoms with Crippen LogP contribution < -0.4 is 0 Å². The van der Waals surface area contributed by atoms with Gasteiger partial charge in [0.15, 0.2) is 0 Å². The molecule has 2 atom stereocenters. The van der Waals surface area contributed by atoms with E-state index in [1.807, 2.05) is 0 Å². The fourth-order valence-corrected chi connectivity index (χ4v) is 6.57. The number of benzene rings is 1. The first kappa shape index (κ1) is 18.6. The van der Waals surface area contributed by atoms with Crippen molar-refractivity contribution in [1.29, 1.82) is 0 Å². The lowest BCUT2D eigenvalue weighted by Gasteiger charge is -2.26. The van der Waals surface area contributed by atoms with E-state index >= 15 is 0 Å². The summed E-state index contributed by atoms with van der Waals surface area (Å²) < 4.78 is 6.11. The normalized spacial score (nSPS) is 19.5. The van der Waals surface area contributed by atoms with Crippen LogP contribution in [0.5, 0.6) is 0 Å². The minimum atomic E-state index is -0.504. The lowest BCUT2D eigenvalue weighted by atomic mass is 9.89. The second kappa shape index (κ2) is 8.11. The monoisotopic (exact) mass is 412 g/mol. The Morgan fingerprint density at radius 1 is 1.18 bits per heavy atom. The van der Waals surface area contributed by atoms with Gasteiger partial charge in [-0.2, -0.15) is 0 Å². The number of fused-ring (bicyclic) bond motifs is 4. The minimum Gasteiger partial charge on any atom is -0.390 e. The minimum absolute atomic E-state index is 0.107. The molecule has 0 saturated heterocycles. The molecule has 2 aliphatic carbocycles. The van der Waals surface area contributed by atoms with E-state index in [0.717, 1.165) is 35.5 Å². The van der Waals surface area contributed by atoms with Crippen molar-refractivity contribution >= 4 is 33.3 Å². The quantitative estimate of drug-likeness (QED) is 0.469. The molecule has 0 fully saturated rings. The summed E-state index contributed by atoms with van der Waals surface area (Å²) in [6.45, 7) is 0.363. The van der Waals surface area contributed by atoms with Gasteiger partial charge in [0.05, 0.1) is 18.8 Å². The lowest BCUT2D eigenvalue weighted by Crippen LogP contribution is -2.22. The number of hydrogen-bond donors (Lipinski definition) is 1. The Kier molecular flexibility index (Phi) is 5.37. The molecule has 0 radical (unpaired) electrons. The standard InChI is InChI=1S/C22H24N2O2S2/c25-15(11-26-18-9-3-6-14-5-1-2-7-16(14)18)12-27-21-20-17-8-4-10-19(17)28-22(20)24-13-23-21/h1-2,5,7,13,15,18,25H,3-4,6,8-12H2/t15-,18-/m0/s1. The fraction of sp³-hybridized carbons (Fsp3) is 0.455. The number of aryl methyl sites for hydroxylation is 3. The van der Waals surface area contributed by atoms with Crippen LogP contribution in [0.25, 0.3) is 10.2 Å². The van der Waals surface area contributed by atoms with E-state index in [-0.39, 0.29) is 6.10 Å². The molecule has 5 rings (SSSR count). The van der Waals surface area contributed by atoms with E-state index in [0.29, 0.717) is 12.4 Å². The molecule has 1 N–H and O–H groups in total. The molecule has 0 aliphatic heterocycles. The molecule has 1 aromatic carbocycles. The first-order valence-corrected chi connectivity index (χ1v) is 11.9. The zero-order chi connectivity index (χ0) is 18.9. The van der Waals surface area contributed by atoms with Crippen molar-refractivity contribution in [2.45, 2.75) is 55.8 Å². The predicted octanol–water partition coefficient (Wildman–Crippen LogP) is 4.73. The summed E-state index contributed by atoms with van der Waals surface area (Å²) in [5, 5.41) is 12.7. The Balaban J connectivity index is 1.22. The molecule has 0 amide bonds. The van der Waals surface area contributed by atoms with Crippen molar-refractivity contribution in [2.75, 3.05) is 12.4 Å². The summed E-state index contributed by atoms with van der Waals surface area (Å²) in [6, 6.07) is 8.52. The van der Waals surface area contributed by atoms with Crippen molar-refractivity contribution in [3.63, 3.8) is 0 Å². The van der Waals surface area contributed by atoms with Crippen LogP contribution in [0.15, 0.2) is 35.6 Å². The maximum Gasteiger partial charge on any atom is 0.128 e. The largest absolute Gasteiger partial charge is 0.390 e. The SMILES string of the molecule is O[C@@H](CO[C@H]1CCCc2ccccc21)CSc1ncnc2sc3c(c12)CCC3. The highest BCUT2D eigenvalue weighted by atomic mass is 32.2. The molecule has 0 saturated carbocycles. The first-order chi connectivity index (χ1) is 13.8. The number of nitrogens with zero attached hydrogens (tertiary/aromatic N) is 2. The zero-order valence-corrected chi connectivity index (χ0v) is 17.4. The van der Waals surface area contributed by atoms with Crippen LogP contribution in [-0.2, 0) is 24.0 Å². The third-order valence-corrected chi connectivity index (χ3v) is 8.02. The Labute approximate surface area is 173 Å². The van der Waals surface area contributed by atoms with Crippen molar-refractivity contribution in [3.05, 3.63) is 52.2 Å². The molecule has 28 heavy (non-hydrogen) atoms. The summed E-state index contributed by atoms with van der Waals surface area (Å²) in [7, 11) is 0. The van der Waals surface area contributed by atoms with Gasteiger partial charge in [0.2, 0.25) is 0 Å². The van der Waals surface area contributed by atoms with Gasteiger partial charge in [-0.3, -0.25) is 0 Å². The van der Waals surface area contributed by atoms with Crippen molar-refractivity contribution in [3.8, 4) is 0 Å². The van der Waals surface area contributed by atoms with Crippen LogP contribution in [-0.4, -0.2) is 33.5 Å². The van der Waals surface area contributed by atoms with Gasteiger partial charge in [0.1, 0.15) is 16.2 Å². The molecule has 4 nitrogen and oxygen atoms in total. The Hall–Kier alpha value is -1.47. The number of thiophene rings is 1. The Morgan fingerprint density at radius 2 is 2.11 bits per heavy atom. The third kappa shape index (κ3) is 3.59. The molecule has 0 unspecified atom stereocenters. The van der Waals surface area contributed by atoms with Crippen LogP contribution in [0.2, 0.25) is 0 Å². The van der Waals surface area contributed by atoms with Gasteiger partial charge in [0, 0.05) is 16.0 Å². The topological polar surface area (TPSA) is 55.2 Å². The third-order valence-electron chi connectivity index (χ3n) is 5.68. The van der Waals surface area contributed by atoms with E-state index in [1.165, 1.54) is 39.8 Å². The maximum atomic E-state index is 10.5. The van der Waals surface area contributed by atoms with Crippen LogP contribution >= 0.6 is 23.1 Å². The molecular weight excluding hydrogens is 388 g/mol. The molecule has 0 bridgehead atoms. The molecule has 2 heterocycles. The first-order valence-electron chi connectivity index (χ1n) is 10.0. The molecule has 0 spiro atoms. The second-order valence-corrected chi connectivity index (χ2v) is 9.69. The number of aliphatic hydroxyl groups excluding tert-OH is 1. The number of thioether (sulfide) groups is 1. The number of ether oxygens (including phenoxy) is 1. The summed E-state index contributed by atoms with van der Waals surface area (Å²) in [4.78, 5) is 11.5. The van der Waals surface area contributed by atoms with Gasteiger partial charge >= 0.3 is 0 Å². The molecule has 3 aromatic rings. The Morgan fingerprint density at radius 3 is 3.07 bits per heavy atom. The maximum absolute atomic E-state index is 10.5. The van der Waals surface area contributed by atoms with Gasteiger partial charge in [-0.25, -0.2) is 9.97 Å². The van der Waals surface area contributed by atoms with Crippen LogP contribution in [0.3, 0.4) is 0 Å². The lowest BCUT2D eigenvalue weighted by molar-refractivity contribution is -0.00959. The second-order valence-electron chi connectivity index (χ2n) is 7.59. The molecule has 2 aromatic heterocycles. The summed E-state index contributed by atoms with van der Waals surface area (Å²) in [5.74, 6) is 0.588. The van der Waals surface area contributed by atoms with Gasteiger partial charge < -0.3 is 9.84 Å². The van der Waals surface area contributed by atoms with Gasteiger partial charge in [0.25, 0.3) is 0 Å². The number of rotatable bonds is 6. The van der Waals surface area contributed by atoms with E-state index in [2.05, 4.69) is 34.2 Å². The highest BCUT2D eigenvalue weighted by molar-refractivity contribution is 7.99. The summed E-state index contributed by atoms with van der Waals surface area (Å²) in [5.41, 5.74) is 4.12. The van der Waals surface area contributed by atoms with Gasteiger partial charge in [-0.05, 0) is 55.2 Å². The van der Waals surface area contributed by atoms with Crippen LogP contribution in [0.1, 0.15) is 46.9 Å². The van der Waals surface area contributed by atoms with Crippen molar-refractivity contribution in [2.24, 2.45) is 0 Å². The van der Waals surface area contributed by atoms with E-state index in [4.69, 9.17) is 4.74 Å². The molecular formula is C22H24N2O2S2. The highest BCUT2D eigenvalue weighted by Gasteiger charge is 2.23. The average molecular weight is 413 g/mol. The smallest absolute Gasteiger partial charge is 0.128 e. The summed E-state index contributed by atoms with van der Waals surface area (Å²) >= 11 is 3.43.